The number of benzene rings is 1. The summed E-state index contributed by atoms with van der Waals surface area (Å²) in [5, 5.41) is 5.72. The van der Waals surface area contributed by atoms with Gasteiger partial charge in [-0.3, -0.25) is 9.59 Å². The molecule has 0 radical (unpaired) electrons. The molecule has 2 aromatic rings. The van der Waals surface area contributed by atoms with E-state index in [4.69, 9.17) is 0 Å². The van der Waals surface area contributed by atoms with Gasteiger partial charge < -0.3 is 10.2 Å². The third-order valence-electron chi connectivity index (χ3n) is 3.89. The Hall–Kier alpha value is -2.21. The van der Waals surface area contributed by atoms with Gasteiger partial charge in [0.15, 0.2) is 0 Å². The van der Waals surface area contributed by atoms with Crippen molar-refractivity contribution in [3.63, 3.8) is 0 Å². The molecule has 1 N–H and O–H groups in total. The number of hydrogen-bond acceptors (Lipinski definition) is 4. The third kappa shape index (κ3) is 3.96. The molecule has 1 aromatic carbocycles. The first-order valence-corrected chi connectivity index (χ1v) is 8.66. The van der Waals surface area contributed by atoms with Crippen LogP contribution < -0.4 is 10.2 Å². The SMILES string of the molecule is O=C(CCc1nccs1)N[C@H]1CCCN(c2ccccc2)C1=O. The second-order valence-electron chi connectivity index (χ2n) is 5.51. The average Bonchev–Trinajstić information content (AvgIpc) is 3.09. The molecule has 1 aliphatic rings. The summed E-state index contributed by atoms with van der Waals surface area (Å²) in [7, 11) is 0. The monoisotopic (exact) mass is 329 g/mol. The van der Waals surface area contributed by atoms with Gasteiger partial charge in [0, 0.05) is 36.7 Å². The number of amides is 2. The minimum atomic E-state index is -0.423. The van der Waals surface area contributed by atoms with E-state index in [2.05, 4.69) is 10.3 Å². The highest BCUT2D eigenvalue weighted by Crippen LogP contribution is 2.20. The number of aromatic nitrogens is 1. The number of hydrogen-bond donors (Lipinski definition) is 1. The van der Waals surface area contributed by atoms with Crippen molar-refractivity contribution in [3.8, 4) is 0 Å². The second kappa shape index (κ2) is 7.37. The first-order chi connectivity index (χ1) is 11.2. The quantitative estimate of drug-likeness (QED) is 0.916. The van der Waals surface area contributed by atoms with E-state index in [1.165, 1.54) is 0 Å². The van der Waals surface area contributed by atoms with Crippen molar-refractivity contribution in [2.45, 2.75) is 31.7 Å². The normalized spacial score (nSPS) is 18.0. The fourth-order valence-corrected chi connectivity index (χ4v) is 3.36. The number of carbonyl (C=O) groups excluding carboxylic acids is 2. The first kappa shape index (κ1) is 15.7. The number of aryl methyl sites for hydroxylation is 1. The fourth-order valence-electron chi connectivity index (χ4n) is 2.74. The van der Waals surface area contributed by atoms with E-state index >= 15 is 0 Å². The van der Waals surface area contributed by atoms with Gasteiger partial charge in [-0.2, -0.15) is 0 Å². The van der Waals surface area contributed by atoms with E-state index in [0.717, 1.165) is 17.1 Å². The van der Waals surface area contributed by atoms with Crippen LogP contribution in [0.1, 0.15) is 24.3 Å². The molecule has 1 aromatic heterocycles. The van der Waals surface area contributed by atoms with Crippen molar-refractivity contribution in [2.75, 3.05) is 11.4 Å². The lowest BCUT2D eigenvalue weighted by molar-refractivity contribution is -0.128. The molecule has 2 heterocycles. The van der Waals surface area contributed by atoms with Crippen molar-refractivity contribution in [1.29, 1.82) is 0 Å². The number of nitrogens with one attached hydrogen (secondary N) is 1. The van der Waals surface area contributed by atoms with Crippen LogP contribution in [0.25, 0.3) is 0 Å². The van der Waals surface area contributed by atoms with Crippen LogP contribution in [0.15, 0.2) is 41.9 Å². The second-order valence-corrected chi connectivity index (χ2v) is 6.49. The lowest BCUT2D eigenvalue weighted by atomic mass is 10.0. The molecule has 120 valence electrons. The topological polar surface area (TPSA) is 62.3 Å². The van der Waals surface area contributed by atoms with E-state index in [1.54, 1.807) is 22.4 Å². The number of rotatable bonds is 5. The molecular formula is C17H19N3O2S. The molecule has 5 nitrogen and oxygen atoms in total. The zero-order valence-electron chi connectivity index (χ0n) is 12.8. The van der Waals surface area contributed by atoms with E-state index in [-0.39, 0.29) is 11.8 Å². The predicted octanol–water partition coefficient (Wildman–Crippen LogP) is 2.39. The fraction of sp³-hybridized carbons (Fsp3) is 0.353. The van der Waals surface area contributed by atoms with Crippen molar-refractivity contribution in [1.82, 2.24) is 10.3 Å². The van der Waals surface area contributed by atoms with Crippen LogP contribution in [0.5, 0.6) is 0 Å². The van der Waals surface area contributed by atoms with Gasteiger partial charge in [0.2, 0.25) is 11.8 Å². The maximum absolute atomic E-state index is 12.6. The van der Waals surface area contributed by atoms with E-state index in [1.807, 2.05) is 35.7 Å². The van der Waals surface area contributed by atoms with Crippen LogP contribution in [0.2, 0.25) is 0 Å². The van der Waals surface area contributed by atoms with Gasteiger partial charge in [-0.15, -0.1) is 11.3 Å². The van der Waals surface area contributed by atoms with Crippen molar-refractivity contribution in [2.24, 2.45) is 0 Å². The molecule has 0 bridgehead atoms. The van der Waals surface area contributed by atoms with E-state index < -0.39 is 6.04 Å². The van der Waals surface area contributed by atoms with Gasteiger partial charge in [-0.05, 0) is 25.0 Å². The van der Waals surface area contributed by atoms with Gasteiger partial charge >= 0.3 is 0 Å². The van der Waals surface area contributed by atoms with Crippen LogP contribution in [-0.4, -0.2) is 29.4 Å². The van der Waals surface area contributed by atoms with Crippen molar-refractivity contribution >= 4 is 28.8 Å². The Morgan fingerprint density at radius 2 is 2.17 bits per heavy atom. The zero-order valence-corrected chi connectivity index (χ0v) is 13.6. The summed E-state index contributed by atoms with van der Waals surface area (Å²) >= 11 is 1.54. The minimum Gasteiger partial charge on any atom is -0.344 e. The van der Waals surface area contributed by atoms with Crippen LogP contribution in [0.4, 0.5) is 5.69 Å². The third-order valence-corrected chi connectivity index (χ3v) is 4.73. The Morgan fingerprint density at radius 3 is 2.91 bits per heavy atom. The van der Waals surface area contributed by atoms with Gasteiger partial charge in [0.1, 0.15) is 6.04 Å². The summed E-state index contributed by atoms with van der Waals surface area (Å²) in [6, 6.07) is 9.18. The maximum atomic E-state index is 12.6. The summed E-state index contributed by atoms with van der Waals surface area (Å²) in [6.45, 7) is 0.703. The van der Waals surface area contributed by atoms with Gasteiger partial charge in [0.25, 0.3) is 0 Å². The molecule has 1 saturated heterocycles. The molecule has 0 aliphatic carbocycles. The van der Waals surface area contributed by atoms with E-state index in [9.17, 15) is 9.59 Å². The summed E-state index contributed by atoms with van der Waals surface area (Å²) < 4.78 is 0. The number of anilines is 1. The molecule has 3 rings (SSSR count). The highest BCUT2D eigenvalue weighted by molar-refractivity contribution is 7.09. The average molecular weight is 329 g/mol. The van der Waals surface area contributed by atoms with Gasteiger partial charge in [-0.1, -0.05) is 18.2 Å². The molecule has 0 spiro atoms. The highest BCUT2D eigenvalue weighted by Gasteiger charge is 2.30. The van der Waals surface area contributed by atoms with Crippen LogP contribution in [0.3, 0.4) is 0 Å². The van der Waals surface area contributed by atoms with Gasteiger partial charge in [0.05, 0.1) is 5.01 Å². The molecule has 0 unspecified atom stereocenters. The van der Waals surface area contributed by atoms with Crippen LogP contribution >= 0.6 is 11.3 Å². The Morgan fingerprint density at radius 1 is 1.35 bits per heavy atom. The lowest BCUT2D eigenvalue weighted by Gasteiger charge is -2.32. The molecular weight excluding hydrogens is 310 g/mol. The first-order valence-electron chi connectivity index (χ1n) is 7.78. The van der Waals surface area contributed by atoms with Crippen molar-refractivity contribution in [3.05, 3.63) is 46.9 Å². The summed E-state index contributed by atoms with van der Waals surface area (Å²) in [5.74, 6) is -0.112. The van der Waals surface area contributed by atoms with Crippen LogP contribution in [0, 0.1) is 0 Å². The molecule has 0 saturated carbocycles. The Bertz CT molecular complexity index is 658. The molecule has 2 amide bonds. The molecule has 1 aliphatic heterocycles. The van der Waals surface area contributed by atoms with Gasteiger partial charge in [-0.25, -0.2) is 4.98 Å². The number of nitrogens with zero attached hydrogens (tertiary/aromatic N) is 2. The maximum Gasteiger partial charge on any atom is 0.249 e. The lowest BCUT2D eigenvalue weighted by Crippen LogP contribution is -2.52. The predicted molar refractivity (Wildman–Crippen MR) is 90.4 cm³/mol. The summed E-state index contributed by atoms with van der Waals surface area (Å²) in [4.78, 5) is 30.6. The zero-order chi connectivity index (χ0) is 16.1. The minimum absolute atomic E-state index is 0.0231. The number of carbonyl (C=O) groups is 2. The standard InChI is InChI=1S/C17H19N3O2S/c21-15(8-9-16-18-10-12-23-16)19-14-7-4-11-20(17(14)22)13-5-2-1-3-6-13/h1-3,5-6,10,12,14H,4,7-9,11H2,(H,19,21)/t14-/m0/s1. The molecule has 23 heavy (non-hydrogen) atoms. The molecule has 1 fully saturated rings. The smallest absolute Gasteiger partial charge is 0.249 e. The van der Waals surface area contributed by atoms with E-state index in [0.29, 0.717) is 25.8 Å². The highest BCUT2D eigenvalue weighted by atomic mass is 32.1. The number of para-hydroxylation sites is 1. The number of piperidine rings is 1. The summed E-state index contributed by atoms with van der Waals surface area (Å²) in [5.41, 5.74) is 0.888. The Balaban J connectivity index is 1.57. The van der Waals surface area contributed by atoms with Crippen LogP contribution in [-0.2, 0) is 16.0 Å². The Kier molecular flexibility index (Phi) is 5.02. The Labute approximate surface area is 139 Å². The summed E-state index contributed by atoms with van der Waals surface area (Å²) in [6.07, 6.45) is 4.30. The number of thiazole rings is 1. The molecule has 6 heteroatoms. The van der Waals surface area contributed by atoms with Crippen molar-refractivity contribution < 1.29 is 9.59 Å². The molecule has 1 atom stereocenters. The largest absolute Gasteiger partial charge is 0.344 e.